The third kappa shape index (κ3) is 4.72. The van der Waals surface area contributed by atoms with Crippen molar-refractivity contribution in [1.29, 1.82) is 0 Å². The van der Waals surface area contributed by atoms with E-state index in [4.69, 9.17) is 0 Å². The third-order valence-corrected chi connectivity index (χ3v) is 39.3. The quantitative estimate of drug-likeness (QED) is 0.153. The Morgan fingerprint density at radius 3 is 1.51 bits per heavy atom. The predicted octanol–water partition coefficient (Wildman–Crippen LogP) is 10.5. The van der Waals surface area contributed by atoms with Crippen LogP contribution in [0.2, 0.25) is 0 Å². The van der Waals surface area contributed by atoms with E-state index in [-0.39, 0.29) is 32.1 Å². The van der Waals surface area contributed by atoms with E-state index in [0.29, 0.717) is 0 Å². The Hall–Kier alpha value is -3.78. The Kier molecular flexibility index (Phi) is 8.83. The molecule has 0 aromatic heterocycles. The fourth-order valence-corrected chi connectivity index (χ4v) is 37.8. The summed E-state index contributed by atoms with van der Waals surface area (Å²) >= 11 is -4.68. The van der Waals surface area contributed by atoms with E-state index >= 15 is 0 Å². The summed E-state index contributed by atoms with van der Waals surface area (Å²) in [4.78, 5) is 0. The van der Waals surface area contributed by atoms with Gasteiger partial charge in [0.2, 0.25) is 0 Å². The maximum atomic E-state index is 2.55. The first kappa shape index (κ1) is 33.7. The Morgan fingerprint density at radius 1 is 0.429 bits per heavy atom. The largest absolute Gasteiger partial charge is 0.147 e. The summed E-state index contributed by atoms with van der Waals surface area (Å²) in [7, 11) is 0. The molecule has 1 unspecified atom stereocenters. The summed E-state index contributed by atoms with van der Waals surface area (Å²) in [5.74, 6) is 0. The van der Waals surface area contributed by atoms with Gasteiger partial charge < -0.3 is 0 Å². The van der Waals surface area contributed by atoms with Crippen LogP contribution in [0, 0.1) is 0 Å². The molecule has 2 aliphatic rings. The molecule has 240 valence electrons. The van der Waals surface area contributed by atoms with E-state index in [9.17, 15) is 0 Å². The Balaban J connectivity index is 0.00000189. The molecule has 7 aromatic rings. The van der Waals surface area contributed by atoms with Gasteiger partial charge in [0.15, 0.2) is 0 Å². The summed E-state index contributed by atoms with van der Waals surface area (Å²) < 4.78 is 3.67. The van der Waals surface area contributed by atoms with Gasteiger partial charge in [-0.15, -0.1) is 24.8 Å². The molecule has 7 aromatic carbocycles. The van der Waals surface area contributed by atoms with Crippen LogP contribution in [0.4, 0.5) is 0 Å². The second-order valence-corrected chi connectivity index (χ2v) is 36.3. The van der Waals surface area contributed by atoms with Crippen LogP contribution in [0.3, 0.4) is 0 Å². The van der Waals surface area contributed by atoms with E-state index in [1.807, 2.05) is 0 Å². The first-order valence-electron chi connectivity index (χ1n) is 16.7. The van der Waals surface area contributed by atoms with Gasteiger partial charge in [0.25, 0.3) is 0 Å². The second kappa shape index (κ2) is 12.8. The summed E-state index contributed by atoms with van der Waals surface area (Å²) in [5, 5.41) is 2.60. The van der Waals surface area contributed by atoms with Crippen molar-refractivity contribution >= 4 is 55.1 Å². The van der Waals surface area contributed by atoms with E-state index in [1.165, 1.54) is 60.9 Å². The van der Waals surface area contributed by atoms with Crippen molar-refractivity contribution in [2.24, 2.45) is 0 Å². The van der Waals surface area contributed by atoms with Gasteiger partial charge in [0, 0.05) is 0 Å². The molecule has 2 aliphatic carbocycles. The molecule has 0 bridgehead atoms. The number of fused-ring (bicyclic) bond motifs is 5. The zero-order valence-corrected chi connectivity index (χ0v) is 32.9. The zero-order valence-electron chi connectivity index (χ0n) is 27.4. The molecular formula is C45H38Cl2SiZr. The standard InChI is InChI=1S/C20H15.C13H9.2C6H5.2ClH.H2Si.Zr/c1-14-12-16-8-5-11-19(20(16)13-14)18-10-4-7-15-6-2-3-9-17(15)18;1-3-7-12-10(5-1)9-11-6-2-4-8-13(11)12;2*1-2-4-6-5-3-1;;;;/h2-13H,1H3;1-9H;2*1-5H;2*1H;1H2;. The number of hydrogen-bond donors (Lipinski definition) is 0. The van der Waals surface area contributed by atoms with Crippen molar-refractivity contribution in [3.05, 3.63) is 198 Å². The van der Waals surface area contributed by atoms with E-state index < -0.39 is 17.4 Å². The second-order valence-electron chi connectivity index (χ2n) is 13.6. The number of benzene rings is 7. The Morgan fingerprint density at radius 2 is 0.878 bits per heavy atom. The third-order valence-electron chi connectivity index (χ3n) is 11.4. The molecule has 1 atom stereocenters. The normalized spacial score (nSPS) is 15.0. The number of halogens is 2. The summed E-state index contributed by atoms with van der Waals surface area (Å²) in [6, 6.07) is 64.7. The van der Waals surface area contributed by atoms with Crippen molar-refractivity contribution in [3.63, 3.8) is 0 Å². The smallest absolute Gasteiger partial charge is 0.147 e. The van der Waals surface area contributed by atoms with Crippen molar-refractivity contribution in [1.82, 2.24) is 0 Å². The summed E-state index contributed by atoms with van der Waals surface area (Å²) in [6.07, 6.45) is 2.55. The van der Waals surface area contributed by atoms with E-state index in [1.54, 1.807) is 6.54 Å². The maximum Gasteiger partial charge on any atom is -0.147 e. The van der Waals surface area contributed by atoms with Gasteiger partial charge in [0.1, 0.15) is 0 Å². The van der Waals surface area contributed by atoms with E-state index in [2.05, 4.69) is 190 Å². The van der Waals surface area contributed by atoms with Crippen molar-refractivity contribution in [3.8, 4) is 22.3 Å². The van der Waals surface area contributed by atoms with Crippen molar-refractivity contribution < 1.29 is 17.4 Å². The minimum Gasteiger partial charge on any atom is -0.147 e. The van der Waals surface area contributed by atoms with Crippen LogP contribution < -0.4 is 6.54 Å². The molecule has 0 saturated carbocycles. The minimum absolute atomic E-state index is 0. The van der Waals surface area contributed by atoms with Crippen LogP contribution in [-0.4, -0.2) is 6.88 Å². The van der Waals surface area contributed by atoms with Crippen molar-refractivity contribution in [2.45, 2.75) is 14.2 Å². The first-order valence-corrected chi connectivity index (χ1v) is 27.9. The first-order chi connectivity index (χ1) is 23.1. The molecule has 0 N–H and O–H groups in total. The molecule has 0 radical (unpaired) electrons. The molecule has 0 nitrogen and oxygen atoms in total. The van der Waals surface area contributed by atoms with Gasteiger partial charge >= 0.3 is 282 Å². The van der Waals surface area contributed by atoms with Crippen LogP contribution in [-0.2, 0) is 17.4 Å². The van der Waals surface area contributed by atoms with E-state index in [0.717, 1.165) is 0 Å². The van der Waals surface area contributed by atoms with Crippen LogP contribution in [0.5, 0.6) is 0 Å². The van der Waals surface area contributed by atoms with Crippen LogP contribution in [0.25, 0.3) is 39.1 Å². The van der Waals surface area contributed by atoms with Gasteiger partial charge in [0.05, 0.1) is 0 Å². The summed E-state index contributed by atoms with van der Waals surface area (Å²) in [5.41, 5.74) is 12.8. The van der Waals surface area contributed by atoms with Crippen LogP contribution >= 0.6 is 24.8 Å². The SMILES string of the molecule is CC1=Cc2c(-c3cccc4ccccc34)cccc2[CH]1[Zr](=[SiH2])([c]1ccccc1)([c]1ccccc1)[CH]1c2ccccc2-c2ccccc21.Cl.Cl. The monoisotopic (exact) mass is 766 g/mol. The molecule has 0 saturated heterocycles. The average molecular weight is 769 g/mol. The molecule has 0 amide bonds. The Bertz CT molecular complexity index is 2350. The number of hydrogen-bond acceptors (Lipinski definition) is 0. The minimum atomic E-state index is -4.68. The van der Waals surface area contributed by atoms with Gasteiger partial charge in [-0.3, -0.25) is 0 Å². The number of allylic oxidation sites excluding steroid dienone is 1. The molecule has 0 spiro atoms. The van der Waals surface area contributed by atoms with Crippen molar-refractivity contribution in [2.75, 3.05) is 0 Å². The van der Waals surface area contributed by atoms with Crippen LogP contribution in [0.1, 0.15) is 36.4 Å². The van der Waals surface area contributed by atoms with Gasteiger partial charge in [-0.05, 0) is 0 Å². The molecule has 0 aliphatic heterocycles. The zero-order chi connectivity index (χ0) is 31.6. The molecule has 49 heavy (non-hydrogen) atoms. The van der Waals surface area contributed by atoms with Gasteiger partial charge in [-0.2, -0.15) is 0 Å². The molecule has 0 fully saturated rings. The Labute approximate surface area is 304 Å². The maximum absolute atomic E-state index is 4.68. The van der Waals surface area contributed by atoms with Gasteiger partial charge in [-0.25, -0.2) is 0 Å². The fourth-order valence-electron chi connectivity index (χ4n) is 9.65. The summed E-state index contributed by atoms with van der Waals surface area (Å²) in [6.45, 7) is 4.87. The topological polar surface area (TPSA) is 0 Å². The van der Waals surface area contributed by atoms with Gasteiger partial charge in [-0.1, -0.05) is 0 Å². The van der Waals surface area contributed by atoms with Crippen LogP contribution in [0.15, 0.2) is 175 Å². The fraction of sp³-hybridized carbons (Fsp3) is 0.0667. The molecule has 4 heteroatoms. The molecule has 9 rings (SSSR count). The predicted molar refractivity (Wildman–Crippen MR) is 215 cm³/mol. The number of rotatable bonds is 5. The average Bonchev–Trinajstić information content (AvgIpc) is 3.67. The molecular weight excluding hydrogens is 731 g/mol. The molecule has 0 heterocycles.